The number of hydrogen-bond donors (Lipinski definition) is 2. The second kappa shape index (κ2) is 7.67. The van der Waals surface area contributed by atoms with Gasteiger partial charge in [0.2, 0.25) is 0 Å². The van der Waals surface area contributed by atoms with Gasteiger partial charge < -0.3 is 11.1 Å². The number of pyridine rings is 1. The lowest BCUT2D eigenvalue weighted by molar-refractivity contribution is 0.0941. The lowest BCUT2D eigenvalue weighted by Crippen LogP contribution is -2.32. The Bertz CT molecular complexity index is 1210. The van der Waals surface area contributed by atoms with Crippen molar-refractivity contribution >= 4 is 40.1 Å². The molecule has 1 atom stereocenters. The second-order valence-electron chi connectivity index (χ2n) is 6.76. The normalized spacial score (nSPS) is 12.6. The fraction of sp³-hybridized carbons (Fsp3) is 0.190. The molecule has 0 spiro atoms. The van der Waals surface area contributed by atoms with Crippen LogP contribution in [0.25, 0.3) is 22.2 Å². The van der Waals surface area contributed by atoms with Crippen LogP contribution in [0.15, 0.2) is 53.9 Å². The van der Waals surface area contributed by atoms with Crippen LogP contribution in [0, 0.1) is 0 Å². The number of nitrogens with two attached hydrogens (primary N) is 1. The summed E-state index contributed by atoms with van der Waals surface area (Å²) in [5, 5.41) is 7.42. The van der Waals surface area contributed by atoms with E-state index in [0.29, 0.717) is 22.2 Å². The Balaban J connectivity index is 1.92. The molecular formula is C21H21N7O. The van der Waals surface area contributed by atoms with Crippen molar-refractivity contribution in [3.05, 3.63) is 59.9 Å². The molecule has 0 fully saturated rings. The van der Waals surface area contributed by atoms with Gasteiger partial charge in [0, 0.05) is 18.4 Å². The highest BCUT2D eigenvalue weighted by Crippen LogP contribution is 2.28. The summed E-state index contributed by atoms with van der Waals surface area (Å²) in [4.78, 5) is 26.3. The largest absolute Gasteiger partial charge is 0.383 e. The summed E-state index contributed by atoms with van der Waals surface area (Å²) in [7, 11) is 0. The molecule has 8 heteroatoms. The van der Waals surface area contributed by atoms with Crippen LogP contribution >= 0.6 is 0 Å². The molecule has 8 nitrogen and oxygen atoms in total. The van der Waals surface area contributed by atoms with Crippen LogP contribution in [0.3, 0.4) is 0 Å². The topological polar surface area (TPSA) is 111 Å². The van der Waals surface area contributed by atoms with Gasteiger partial charge >= 0.3 is 0 Å². The summed E-state index contributed by atoms with van der Waals surface area (Å²) in [5.41, 5.74) is 9.73. The van der Waals surface area contributed by atoms with Gasteiger partial charge in [0.15, 0.2) is 5.65 Å². The Morgan fingerprint density at radius 1 is 1.21 bits per heavy atom. The first-order valence-electron chi connectivity index (χ1n) is 9.40. The molecule has 0 bridgehead atoms. The molecule has 0 saturated carbocycles. The van der Waals surface area contributed by atoms with Gasteiger partial charge in [0.05, 0.1) is 17.2 Å². The Morgan fingerprint density at radius 2 is 1.90 bits per heavy atom. The number of benzene rings is 1. The summed E-state index contributed by atoms with van der Waals surface area (Å²) >= 11 is 0. The Kier molecular flexibility index (Phi) is 4.90. The first-order valence-corrected chi connectivity index (χ1v) is 9.40. The van der Waals surface area contributed by atoms with Gasteiger partial charge in [0.25, 0.3) is 5.91 Å². The number of nitrogens with one attached hydrogen (secondary N) is 1. The van der Waals surface area contributed by atoms with E-state index in [1.165, 1.54) is 4.68 Å². The maximum Gasteiger partial charge on any atom is 0.257 e. The second-order valence-corrected chi connectivity index (χ2v) is 6.76. The number of fused-ring (bicyclic) bond motifs is 2. The van der Waals surface area contributed by atoms with Crippen LogP contribution in [0.4, 0.5) is 5.82 Å². The van der Waals surface area contributed by atoms with Crippen molar-refractivity contribution in [2.24, 2.45) is 5.10 Å². The molecular weight excluding hydrogens is 366 g/mol. The van der Waals surface area contributed by atoms with Crippen molar-refractivity contribution in [3.63, 3.8) is 0 Å². The van der Waals surface area contributed by atoms with Gasteiger partial charge in [-0.15, -0.1) is 0 Å². The summed E-state index contributed by atoms with van der Waals surface area (Å²) in [5.74, 6) is -0.0919. The number of rotatable bonds is 5. The molecule has 146 valence electrons. The van der Waals surface area contributed by atoms with Crippen molar-refractivity contribution in [3.8, 4) is 0 Å². The molecule has 0 saturated heterocycles. The minimum absolute atomic E-state index is 0.00837. The quantitative estimate of drug-likeness (QED) is 0.512. The van der Waals surface area contributed by atoms with Crippen LogP contribution in [0.2, 0.25) is 0 Å². The predicted octanol–water partition coefficient (Wildman–Crippen LogP) is 2.97. The van der Waals surface area contributed by atoms with Crippen LogP contribution in [0.1, 0.15) is 36.2 Å². The molecule has 29 heavy (non-hydrogen) atoms. The molecule has 0 radical (unpaired) electrons. The molecule has 1 unspecified atom stereocenters. The molecule has 4 rings (SSSR count). The lowest BCUT2D eigenvalue weighted by Gasteiger charge is -2.11. The summed E-state index contributed by atoms with van der Waals surface area (Å²) in [6, 6.07) is 11.1. The van der Waals surface area contributed by atoms with Crippen LogP contribution < -0.4 is 11.1 Å². The van der Waals surface area contributed by atoms with E-state index in [0.717, 1.165) is 12.0 Å². The maximum absolute atomic E-state index is 12.9. The van der Waals surface area contributed by atoms with Crippen LogP contribution in [-0.2, 0) is 0 Å². The molecule has 1 amide bonds. The Hall–Kier alpha value is -3.81. The van der Waals surface area contributed by atoms with E-state index in [1.54, 1.807) is 18.6 Å². The third-order valence-electron chi connectivity index (χ3n) is 4.72. The average Bonchev–Trinajstić information content (AvgIpc) is 3.01. The number of aromatic nitrogens is 4. The number of carbonyl (C=O) groups excluding carboxylic acids is 1. The van der Waals surface area contributed by atoms with Gasteiger partial charge in [-0.3, -0.25) is 9.78 Å². The van der Waals surface area contributed by atoms with E-state index in [2.05, 4.69) is 25.4 Å². The molecule has 4 aromatic rings. The van der Waals surface area contributed by atoms with Gasteiger partial charge in [0.1, 0.15) is 16.9 Å². The summed E-state index contributed by atoms with van der Waals surface area (Å²) < 4.78 is 1.46. The van der Waals surface area contributed by atoms with E-state index in [4.69, 9.17) is 5.73 Å². The number of amides is 1. The standard InChI is InChI=1S/C21H21N7O/c1-3-13(2)25-21(29)17-18-20(27-16-7-5-4-6-15(16)26-18)28(19(17)22)24-12-14-8-10-23-11-9-14/h4-13H,3,22H2,1-2H3,(H,25,29)/b24-12+. The molecule has 0 aliphatic heterocycles. The number of carbonyl (C=O) groups is 1. The highest BCUT2D eigenvalue weighted by Gasteiger charge is 2.24. The molecule has 0 aliphatic rings. The third-order valence-corrected chi connectivity index (χ3v) is 4.72. The van der Waals surface area contributed by atoms with Gasteiger partial charge in [-0.1, -0.05) is 19.1 Å². The molecule has 3 aromatic heterocycles. The predicted molar refractivity (Wildman–Crippen MR) is 114 cm³/mol. The first-order chi connectivity index (χ1) is 14.1. The van der Waals surface area contributed by atoms with E-state index in [-0.39, 0.29) is 23.3 Å². The molecule has 3 N–H and O–H groups in total. The minimum Gasteiger partial charge on any atom is -0.383 e. The SMILES string of the molecule is CCC(C)NC(=O)c1c(N)n(/N=C/c2ccncc2)c2nc3ccccc3nc12. The number of anilines is 1. The maximum atomic E-state index is 12.9. The van der Waals surface area contributed by atoms with Crippen LogP contribution in [0.5, 0.6) is 0 Å². The fourth-order valence-corrected chi connectivity index (χ4v) is 2.96. The number of nitrogen functional groups attached to an aromatic ring is 1. The fourth-order valence-electron chi connectivity index (χ4n) is 2.96. The highest BCUT2D eigenvalue weighted by molar-refractivity contribution is 6.10. The van der Waals surface area contributed by atoms with Crippen molar-refractivity contribution in [2.75, 3.05) is 5.73 Å². The summed E-state index contributed by atoms with van der Waals surface area (Å²) in [6.45, 7) is 3.94. The molecule has 0 aliphatic carbocycles. The van der Waals surface area contributed by atoms with Crippen LogP contribution in [-0.4, -0.2) is 37.8 Å². The molecule has 1 aromatic carbocycles. The zero-order valence-corrected chi connectivity index (χ0v) is 16.2. The van der Waals surface area contributed by atoms with Gasteiger partial charge in [-0.2, -0.15) is 9.78 Å². The monoisotopic (exact) mass is 387 g/mol. The smallest absolute Gasteiger partial charge is 0.257 e. The zero-order valence-electron chi connectivity index (χ0n) is 16.2. The zero-order chi connectivity index (χ0) is 20.4. The van der Waals surface area contributed by atoms with Gasteiger partial charge in [-0.05, 0) is 43.2 Å². The van der Waals surface area contributed by atoms with E-state index < -0.39 is 0 Å². The van der Waals surface area contributed by atoms with Crippen molar-refractivity contribution < 1.29 is 4.79 Å². The number of hydrogen-bond acceptors (Lipinski definition) is 6. The Labute approximate surface area is 167 Å². The molecule has 3 heterocycles. The van der Waals surface area contributed by atoms with Crippen molar-refractivity contribution in [1.82, 2.24) is 24.9 Å². The average molecular weight is 387 g/mol. The highest BCUT2D eigenvalue weighted by atomic mass is 16.1. The van der Waals surface area contributed by atoms with E-state index >= 15 is 0 Å². The van der Waals surface area contributed by atoms with Gasteiger partial charge in [-0.25, -0.2) is 9.97 Å². The number of nitrogens with zero attached hydrogens (tertiary/aromatic N) is 5. The summed E-state index contributed by atoms with van der Waals surface area (Å²) in [6.07, 6.45) is 5.80. The lowest BCUT2D eigenvalue weighted by atomic mass is 10.2. The van der Waals surface area contributed by atoms with Crippen molar-refractivity contribution in [2.45, 2.75) is 26.3 Å². The van der Waals surface area contributed by atoms with E-state index in [9.17, 15) is 4.79 Å². The minimum atomic E-state index is -0.288. The Morgan fingerprint density at radius 3 is 2.59 bits per heavy atom. The number of para-hydroxylation sites is 2. The third kappa shape index (κ3) is 3.52. The van der Waals surface area contributed by atoms with E-state index in [1.807, 2.05) is 50.2 Å². The van der Waals surface area contributed by atoms with Crippen molar-refractivity contribution in [1.29, 1.82) is 0 Å². The first kappa shape index (κ1) is 18.5.